The van der Waals surface area contributed by atoms with Gasteiger partial charge in [-0.2, -0.15) is 0 Å². The van der Waals surface area contributed by atoms with Gasteiger partial charge in [0, 0.05) is 15.9 Å². The minimum Gasteiger partial charge on any atom is -0.210 e. The third-order valence-electron chi connectivity index (χ3n) is 2.13. The number of thiophene rings is 2. The van der Waals surface area contributed by atoms with Crippen molar-refractivity contribution < 1.29 is 8.42 Å². The zero-order chi connectivity index (χ0) is 13.2. The van der Waals surface area contributed by atoms with Crippen LogP contribution in [-0.4, -0.2) is 15.0 Å². The highest BCUT2D eigenvalue weighted by Gasteiger charge is 2.18. The van der Waals surface area contributed by atoms with Crippen LogP contribution in [0.1, 0.15) is 4.88 Å². The lowest BCUT2D eigenvalue weighted by atomic mass is 10.3. The summed E-state index contributed by atoms with van der Waals surface area (Å²) in [7, 11) is -3.40. The molecule has 3 nitrogen and oxygen atoms in total. The molecule has 0 aliphatic carbocycles. The van der Waals surface area contributed by atoms with Gasteiger partial charge in [0.1, 0.15) is 4.21 Å². The Labute approximate surface area is 131 Å². The fourth-order valence-corrected chi connectivity index (χ4v) is 5.90. The first-order valence-electron chi connectivity index (χ1n) is 4.96. The predicted molar refractivity (Wildman–Crippen MR) is 82.9 cm³/mol. The monoisotopic (exact) mass is 429 g/mol. The molecule has 0 radical (unpaired) electrons. The van der Waals surface area contributed by atoms with E-state index >= 15 is 0 Å². The first-order chi connectivity index (χ1) is 8.49. The van der Waals surface area contributed by atoms with Gasteiger partial charge in [-0.3, -0.25) is 0 Å². The summed E-state index contributed by atoms with van der Waals surface area (Å²) in [5.41, 5.74) is 0. The van der Waals surface area contributed by atoms with Gasteiger partial charge in [-0.25, -0.2) is 13.1 Å². The molecule has 0 amide bonds. The second-order valence-electron chi connectivity index (χ2n) is 3.41. The van der Waals surface area contributed by atoms with Gasteiger partial charge in [-0.1, -0.05) is 6.07 Å². The van der Waals surface area contributed by atoms with Gasteiger partial charge in [0.15, 0.2) is 0 Å². The van der Waals surface area contributed by atoms with Crippen LogP contribution in [0, 0.1) is 0 Å². The molecule has 98 valence electrons. The summed E-state index contributed by atoms with van der Waals surface area (Å²) in [6.45, 7) is 0.413. The number of hydrogen-bond donors (Lipinski definition) is 1. The van der Waals surface area contributed by atoms with Crippen LogP contribution >= 0.6 is 54.5 Å². The van der Waals surface area contributed by atoms with E-state index in [0.29, 0.717) is 17.2 Å². The molecular weight excluding hydrogens is 422 g/mol. The Hall–Kier alpha value is 0.270. The van der Waals surface area contributed by atoms with Crippen molar-refractivity contribution >= 4 is 64.6 Å². The maximum absolute atomic E-state index is 12.0. The average Bonchev–Trinajstić information content (AvgIpc) is 2.90. The summed E-state index contributed by atoms with van der Waals surface area (Å²) in [6, 6.07) is 5.56. The summed E-state index contributed by atoms with van der Waals surface area (Å²) in [6.07, 6.45) is 0.713. The molecule has 1 N–H and O–H groups in total. The van der Waals surface area contributed by atoms with Crippen molar-refractivity contribution in [1.82, 2.24) is 4.72 Å². The van der Waals surface area contributed by atoms with E-state index in [2.05, 4.69) is 36.6 Å². The normalized spacial score (nSPS) is 11.9. The molecule has 2 aromatic rings. The summed E-state index contributed by atoms with van der Waals surface area (Å²) in [5.74, 6) is 0. The molecule has 2 aromatic heterocycles. The van der Waals surface area contributed by atoms with Crippen molar-refractivity contribution in [3.8, 4) is 0 Å². The van der Waals surface area contributed by atoms with Crippen LogP contribution in [0.5, 0.6) is 0 Å². The lowest BCUT2D eigenvalue weighted by Gasteiger charge is -2.03. The highest BCUT2D eigenvalue weighted by atomic mass is 79.9. The maximum Gasteiger partial charge on any atom is 0.250 e. The SMILES string of the molecule is O=S(=O)(NCCc1cccs1)c1cc(Br)c(Br)s1. The molecule has 0 saturated carbocycles. The zero-order valence-corrected chi connectivity index (χ0v) is 14.6. The molecule has 0 spiro atoms. The lowest BCUT2D eigenvalue weighted by molar-refractivity contribution is 0.584. The van der Waals surface area contributed by atoms with E-state index in [1.165, 1.54) is 16.2 Å². The zero-order valence-electron chi connectivity index (χ0n) is 9.02. The van der Waals surface area contributed by atoms with E-state index in [0.717, 1.165) is 8.26 Å². The number of sulfonamides is 1. The van der Waals surface area contributed by atoms with Gasteiger partial charge in [0.2, 0.25) is 10.0 Å². The van der Waals surface area contributed by atoms with Crippen LogP contribution in [0.3, 0.4) is 0 Å². The molecule has 0 bridgehead atoms. The number of halogens is 2. The average molecular weight is 431 g/mol. The van der Waals surface area contributed by atoms with Crippen LogP contribution in [0.2, 0.25) is 0 Å². The largest absolute Gasteiger partial charge is 0.250 e. The van der Waals surface area contributed by atoms with Crippen LogP contribution in [0.25, 0.3) is 0 Å². The van der Waals surface area contributed by atoms with Crippen molar-refractivity contribution in [2.45, 2.75) is 10.6 Å². The summed E-state index contributed by atoms with van der Waals surface area (Å²) in [5, 5.41) is 1.98. The van der Waals surface area contributed by atoms with Gasteiger partial charge in [-0.05, 0) is 55.8 Å². The Morgan fingerprint density at radius 2 is 2.11 bits per heavy atom. The molecule has 0 aliphatic rings. The van der Waals surface area contributed by atoms with E-state index in [1.807, 2.05) is 17.5 Å². The fraction of sp³-hybridized carbons (Fsp3) is 0.200. The van der Waals surface area contributed by atoms with Crippen LogP contribution in [0.4, 0.5) is 0 Å². The highest BCUT2D eigenvalue weighted by Crippen LogP contribution is 2.34. The van der Waals surface area contributed by atoms with E-state index in [1.54, 1.807) is 17.4 Å². The van der Waals surface area contributed by atoms with Crippen molar-refractivity contribution in [3.63, 3.8) is 0 Å². The van der Waals surface area contributed by atoms with Crippen molar-refractivity contribution in [2.24, 2.45) is 0 Å². The van der Waals surface area contributed by atoms with Gasteiger partial charge >= 0.3 is 0 Å². The van der Waals surface area contributed by atoms with E-state index in [-0.39, 0.29) is 0 Å². The van der Waals surface area contributed by atoms with E-state index in [9.17, 15) is 8.42 Å². The maximum atomic E-state index is 12.0. The molecule has 0 fully saturated rings. The lowest BCUT2D eigenvalue weighted by Crippen LogP contribution is -2.25. The molecule has 0 aliphatic heterocycles. The molecule has 0 aromatic carbocycles. The third kappa shape index (κ3) is 3.64. The summed E-state index contributed by atoms with van der Waals surface area (Å²) >= 11 is 9.39. The second-order valence-corrected chi connectivity index (χ2v) is 9.66. The van der Waals surface area contributed by atoms with Crippen molar-refractivity contribution in [1.29, 1.82) is 0 Å². The van der Waals surface area contributed by atoms with Crippen molar-refractivity contribution in [2.75, 3.05) is 6.54 Å². The van der Waals surface area contributed by atoms with E-state index < -0.39 is 10.0 Å². The molecule has 2 heterocycles. The Balaban J connectivity index is 1.99. The molecular formula is C10H9Br2NO2S3. The standard InChI is InChI=1S/C10H9Br2NO2S3/c11-8-6-9(17-10(8)12)18(14,15)13-4-3-7-2-1-5-16-7/h1-2,5-6,13H,3-4H2. The quantitative estimate of drug-likeness (QED) is 0.782. The van der Waals surface area contributed by atoms with Gasteiger partial charge in [0.05, 0.1) is 3.79 Å². The second kappa shape index (κ2) is 6.15. The molecule has 0 saturated heterocycles. The van der Waals surface area contributed by atoms with Crippen LogP contribution in [-0.2, 0) is 16.4 Å². The Morgan fingerprint density at radius 3 is 2.67 bits per heavy atom. The summed E-state index contributed by atoms with van der Waals surface area (Å²) < 4.78 is 28.4. The van der Waals surface area contributed by atoms with Gasteiger partial charge < -0.3 is 0 Å². The first kappa shape index (κ1) is 14.7. The Kier molecular flexibility index (Phi) is 5.01. The van der Waals surface area contributed by atoms with Crippen LogP contribution < -0.4 is 4.72 Å². The topological polar surface area (TPSA) is 46.2 Å². The minimum atomic E-state index is -3.40. The van der Waals surface area contributed by atoms with Crippen LogP contribution in [0.15, 0.2) is 36.0 Å². The van der Waals surface area contributed by atoms with Gasteiger partial charge in [-0.15, -0.1) is 22.7 Å². The smallest absolute Gasteiger partial charge is 0.210 e. The molecule has 8 heteroatoms. The number of nitrogens with one attached hydrogen (secondary N) is 1. The first-order valence-corrected chi connectivity index (χ1v) is 9.72. The predicted octanol–water partition coefficient (Wildman–Crippen LogP) is 3.86. The van der Waals surface area contributed by atoms with Crippen molar-refractivity contribution in [3.05, 3.63) is 36.7 Å². The number of rotatable bonds is 5. The van der Waals surface area contributed by atoms with E-state index in [4.69, 9.17) is 0 Å². The Morgan fingerprint density at radius 1 is 1.33 bits per heavy atom. The molecule has 2 rings (SSSR count). The third-order valence-corrected chi connectivity index (χ3v) is 8.26. The molecule has 0 unspecified atom stereocenters. The fourth-order valence-electron chi connectivity index (χ4n) is 1.29. The van der Waals surface area contributed by atoms with Gasteiger partial charge in [0.25, 0.3) is 0 Å². The highest BCUT2D eigenvalue weighted by molar-refractivity contribution is 9.13. The minimum absolute atomic E-state index is 0.312. The molecule has 0 atom stereocenters. The summed E-state index contributed by atoms with van der Waals surface area (Å²) in [4.78, 5) is 1.17. The Bertz CT molecular complexity index is 600. The molecule has 18 heavy (non-hydrogen) atoms. The number of hydrogen-bond acceptors (Lipinski definition) is 4.